The van der Waals surface area contributed by atoms with Gasteiger partial charge >= 0.3 is 19.8 Å². The van der Waals surface area contributed by atoms with Crippen LogP contribution >= 0.6 is 7.82 Å². The minimum Gasteiger partial charge on any atom is -0.462 e. The molecule has 0 aromatic carbocycles. The number of phosphoric ester groups is 1. The van der Waals surface area contributed by atoms with Gasteiger partial charge in [0, 0.05) is 19.4 Å². The van der Waals surface area contributed by atoms with Crippen molar-refractivity contribution in [3.63, 3.8) is 0 Å². The Kier molecular flexibility index (Phi) is 63.5. The van der Waals surface area contributed by atoms with Crippen LogP contribution in [0.25, 0.3) is 0 Å². The van der Waals surface area contributed by atoms with Crippen molar-refractivity contribution in [3.05, 3.63) is 48.6 Å². The van der Waals surface area contributed by atoms with Gasteiger partial charge in [0.15, 0.2) is 6.10 Å². The van der Waals surface area contributed by atoms with Gasteiger partial charge in [-0.25, -0.2) is 4.57 Å². The fourth-order valence-electron chi connectivity index (χ4n) is 10.1. The largest absolute Gasteiger partial charge is 0.472 e. The van der Waals surface area contributed by atoms with Gasteiger partial charge in [-0.05, 0) is 77.0 Å². The lowest BCUT2D eigenvalue weighted by Crippen LogP contribution is -2.29. The van der Waals surface area contributed by atoms with E-state index >= 15 is 0 Å². The van der Waals surface area contributed by atoms with Crippen molar-refractivity contribution in [2.45, 2.75) is 354 Å². The van der Waals surface area contributed by atoms with Gasteiger partial charge in [-0.1, -0.05) is 306 Å². The highest BCUT2D eigenvalue weighted by Gasteiger charge is 2.26. The highest BCUT2D eigenvalue weighted by atomic mass is 31.2. The van der Waals surface area contributed by atoms with Crippen molar-refractivity contribution >= 4 is 19.8 Å². The first-order valence-electron chi connectivity index (χ1n) is 34.1. The zero-order chi connectivity index (χ0) is 57.3. The SMILES string of the molecule is CCCCC/C=C\C/C=C\C/C=C\CCCCCCCCC(=O)OC(COC(=O)CCCCCCCCCCCCCCCCCCCCCCCCCCCCC/C=C\CCCCCCCCCC)COP(=O)(O)OCCN. The van der Waals surface area contributed by atoms with Crippen LogP contribution in [-0.2, 0) is 32.7 Å². The summed E-state index contributed by atoms with van der Waals surface area (Å²) in [6, 6.07) is 0. The third-order valence-electron chi connectivity index (χ3n) is 15.2. The van der Waals surface area contributed by atoms with E-state index in [1.165, 1.54) is 244 Å². The van der Waals surface area contributed by atoms with Crippen LogP contribution in [0.2, 0.25) is 0 Å². The van der Waals surface area contributed by atoms with Gasteiger partial charge < -0.3 is 20.1 Å². The fourth-order valence-corrected chi connectivity index (χ4v) is 10.9. The molecule has 2 unspecified atom stereocenters. The van der Waals surface area contributed by atoms with E-state index in [0.717, 1.165) is 70.6 Å². The number of allylic oxidation sites excluding steroid dienone is 8. The molecule has 10 heteroatoms. The molecule has 2 atom stereocenters. The molecule has 0 saturated heterocycles. The summed E-state index contributed by atoms with van der Waals surface area (Å²) >= 11 is 0. The average Bonchev–Trinajstić information content (AvgIpc) is 3.44. The summed E-state index contributed by atoms with van der Waals surface area (Å²) in [4.78, 5) is 35.2. The second kappa shape index (κ2) is 65.1. The molecule has 0 fully saturated rings. The molecule has 464 valence electrons. The summed E-state index contributed by atoms with van der Waals surface area (Å²) in [5.74, 6) is -0.828. The van der Waals surface area contributed by atoms with Crippen LogP contribution in [0.3, 0.4) is 0 Å². The first kappa shape index (κ1) is 77.0. The molecule has 0 rings (SSSR count). The Morgan fingerprint density at radius 2 is 0.658 bits per heavy atom. The third kappa shape index (κ3) is 65.0. The van der Waals surface area contributed by atoms with Crippen molar-refractivity contribution < 1.29 is 37.6 Å². The number of ether oxygens (including phenoxy) is 2. The smallest absolute Gasteiger partial charge is 0.462 e. The number of nitrogens with two attached hydrogens (primary N) is 1. The molecule has 0 aliphatic heterocycles. The second-order valence-electron chi connectivity index (χ2n) is 23.0. The van der Waals surface area contributed by atoms with Crippen LogP contribution in [-0.4, -0.2) is 49.3 Å². The van der Waals surface area contributed by atoms with E-state index in [0.29, 0.717) is 6.42 Å². The third-order valence-corrected chi connectivity index (χ3v) is 16.2. The van der Waals surface area contributed by atoms with Gasteiger partial charge in [0.2, 0.25) is 0 Å². The zero-order valence-corrected chi connectivity index (χ0v) is 53.0. The second-order valence-corrected chi connectivity index (χ2v) is 24.5. The Labute approximate surface area is 489 Å². The summed E-state index contributed by atoms with van der Waals surface area (Å²) in [6.07, 6.45) is 82.2. The minimum absolute atomic E-state index is 0.0513. The van der Waals surface area contributed by atoms with Crippen LogP contribution in [0.15, 0.2) is 48.6 Å². The Morgan fingerprint density at radius 1 is 0.380 bits per heavy atom. The van der Waals surface area contributed by atoms with E-state index in [2.05, 4.69) is 62.5 Å². The Hall–Kier alpha value is -2.03. The van der Waals surface area contributed by atoms with Crippen molar-refractivity contribution in [1.29, 1.82) is 0 Å². The summed E-state index contributed by atoms with van der Waals surface area (Å²) in [7, 11) is -4.39. The molecule has 0 aromatic rings. The van der Waals surface area contributed by atoms with E-state index in [4.69, 9.17) is 24.3 Å². The molecule has 0 aliphatic rings. The minimum atomic E-state index is -4.39. The predicted molar refractivity (Wildman–Crippen MR) is 340 cm³/mol. The highest BCUT2D eigenvalue weighted by Crippen LogP contribution is 2.43. The van der Waals surface area contributed by atoms with E-state index in [-0.39, 0.29) is 38.6 Å². The number of hydrogen-bond donors (Lipinski definition) is 2. The molecule has 0 aliphatic carbocycles. The predicted octanol–water partition coefficient (Wildman–Crippen LogP) is 22.1. The maximum atomic E-state index is 12.7. The number of unbranched alkanes of at least 4 members (excludes halogenated alkanes) is 44. The van der Waals surface area contributed by atoms with Crippen LogP contribution in [0.5, 0.6) is 0 Å². The van der Waals surface area contributed by atoms with Gasteiger partial charge in [-0.15, -0.1) is 0 Å². The first-order valence-corrected chi connectivity index (χ1v) is 35.6. The summed E-state index contributed by atoms with van der Waals surface area (Å²) in [5.41, 5.74) is 5.39. The van der Waals surface area contributed by atoms with Crippen LogP contribution in [0, 0.1) is 0 Å². The number of carbonyl (C=O) groups is 2. The molecule has 0 amide bonds. The number of rotatable bonds is 65. The van der Waals surface area contributed by atoms with Crippen molar-refractivity contribution in [2.75, 3.05) is 26.4 Å². The standard InChI is InChI=1S/C69H130NO8P/c1-3-5-7-9-11-13-15-17-19-21-23-24-25-26-27-28-29-30-31-32-33-34-35-36-37-38-39-40-41-42-44-45-47-49-51-53-55-57-59-61-68(71)75-65-67(66-77-79(73,74)76-64-63-70)78-69(72)62-60-58-56-54-52-50-48-46-43-22-20-18-16-14-12-10-8-6-4-2/h12,14,18,20-21,23,43,46,67H,3-11,13,15-17,19,22,24-42,44-45,47-66,70H2,1-2H3,(H,73,74)/b14-12-,20-18-,23-21-,46-43-. The first-order chi connectivity index (χ1) is 38.8. The summed E-state index contributed by atoms with van der Waals surface area (Å²) in [6.45, 7) is 3.75. The maximum Gasteiger partial charge on any atom is 0.472 e. The molecular weight excluding hydrogens is 1000 g/mol. The van der Waals surface area contributed by atoms with Crippen molar-refractivity contribution in [3.8, 4) is 0 Å². The summed E-state index contributed by atoms with van der Waals surface area (Å²) in [5, 5.41) is 0. The van der Waals surface area contributed by atoms with Gasteiger partial charge in [0.25, 0.3) is 0 Å². The monoisotopic (exact) mass is 1130 g/mol. The fraction of sp³-hybridized carbons (Fsp3) is 0.855. The molecule has 79 heavy (non-hydrogen) atoms. The van der Waals surface area contributed by atoms with Gasteiger partial charge in [-0.2, -0.15) is 0 Å². The molecule has 9 nitrogen and oxygen atoms in total. The lowest BCUT2D eigenvalue weighted by atomic mass is 10.0. The lowest BCUT2D eigenvalue weighted by Gasteiger charge is -2.19. The maximum absolute atomic E-state index is 12.7. The topological polar surface area (TPSA) is 134 Å². The van der Waals surface area contributed by atoms with Gasteiger partial charge in [0.1, 0.15) is 6.61 Å². The van der Waals surface area contributed by atoms with E-state index in [9.17, 15) is 19.0 Å². The number of esters is 2. The lowest BCUT2D eigenvalue weighted by molar-refractivity contribution is -0.161. The zero-order valence-electron chi connectivity index (χ0n) is 52.1. The molecular formula is C69H130NO8P. The van der Waals surface area contributed by atoms with Gasteiger partial charge in [0.05, 0.1) is 13.2 Å². The number of hydrogen-bond acceptors (Lipinski definition) is 8. The van der Waals surface area contributed by atoms with Crippen LogP contribution < -0.4 is 5.73 Å². The Morgan fingerprint density at radius 3 is 1.01 bits per heavy atom. The van der Waals surface area contributed by atoms with Crippen LogP contribution in [0.4, 0.5) is 0 Å². The average molecular weight is 1130 g/mol. The molecule has 0 heterocycles. The molecule has 3 N–H and O–H groups in total. The number of phosphoric acid groups is 1. The quantitative estimate of drug-likeness (QED) is 0.0264. The molecule has 0 bridgehead atoms. The molecule has 0 spiro atoms. The van der Waals surface area contributed by atoms with Crippen molar-refractivity contribution in [1.82, 2.24) is 0 Å². The Bertz CT molecular complexity index is 1430. The Balaban J connectivity index is 3.76. The van der Waals surface area contributed by atoms with E-state index in [1.807, 2.05) is 0 Å². The van der Waals surface area contributed by atoms with Gasteiger partial charge in [-0.3, -0.25) is 18.6 Å². The van der Waals surface area contributed by atoms with E-state index in [1.54, 1.807) is 0 Å². The van der Waals surface area contributed by atoms with Crippen LogP contribution in [0.1, 0.15) is 348 Å². The highest BCUT2D eigenvalue weighted by molar-refractivity contribution is 7.47. The summed E-state index contributed by atoms with van der Waals surface area (Å²) < 4.78 is 33.1. The molecule has 0 aromatic heterocycles. The molecule has 0 radical (unpaired) electrons. The molecule has 0 saturated carbocycles. The van der Waals surface area contributed by atoms with E-state index < -0.39 is 26.5 Å². The number of carbonyl (C=O) groups excluding carboxylic acids is 2. The van der Waals surface area contributed by atoms with Crippen molar-refractivity contribution in [2.24, 2.45) is 5.73 Å². The normalized spacial score (nSPS) is 13.2.